The van der Waals surface area contributed by atoms with Crippen LogP contribution in [-0.2, 0) is 0 Å². The van der Waals surface area contributed by atoms with Crippen molar-refractivity contribution in [2.24, 2.45) is 5.10 Å². The van der Waals surface area contributed by atoms with Crippen LogP contribution in [0.1, 0.15) is 32.6 Å². The Kier molecular flexibility index (Phi) is 4.12. The maximum absolute atomic E-state index is 11.9. The lowest BCUT2D eigenvalue weighted by molar-refractivity contribution is 0.0955. The molecular weight excluding hydrogens is 256 g/mol. The molecule has 2 rings (SSSR count). The molecule has 1 aromatic heterocycles. The molecule has 98 valence electrons. The molecule has 0 saturated heterocycles. The van der Waals surface area contributed by atoms with Gasteiger partial charge in [0.25, 0.3) is 5.91 Å². The minimum atomic E-state index is -0.187. The summed E-state index contributed by atoms with van der Waals surface area (Å²) < 4.78 is 0. The van der Waals surface area contributed by atoms with Crippen molar-refractivity contribution >= 4 is 23.0 Å². The van der Waals surface area contributed by atoms with E-state index in [1.54, 1.807) is 23.5 Å². The van der Waals surface area contributed by atoms with Crippen LogP contribution in [0.15, 0.2) is 41.5 Å². The maximum atomic E-state index is 11.9. The number of nitrogens with one attached hydrogen (secondary N) is 1. The van der Waals surface area contributed by atoms with E-state index in [2.05, 4.69) is 10.5 Å². The van der Waals surface area contributed by atoms with Gasteiger partial charge in [-0.3, -0.25) is 4.79 Å². The summed E-state index contributed by atoms with van der Waals surface area (Å²) in [4.78, 5) is 14.2. The summed E-state index contributed by atoms with van der Waals surface area (Å²) in [6, 6.07) is 11.5. The number of nitrogens with zero attached hydrogens (tertiary/aromatic N) is 1. The number of hydrogen-bond donors (Lipinski definition) is 1. The predicted octanol–water partition coefficient (Wildman–Crippen LogP) is 3.52. The number of aryl methyl sites for hydroxylation is 2. The van der Waals surface area contributed by atoms with Gasteiger partial charge in [-0.2, -0.15) is 5.10 Å². The predicted molar refractivity (Wildman–Crippen MR) is 79.9 cm³/mol. The smallest absolute Gasteiger partial charge is 0.267 e. The quantitative estimate of drug-likeness (QED) is 0.674. The molecule has 4 heteroatoms. The second-order valence-corrected chi connectivity index (χ2v) is 5.70. The zero-order chi connectivity index (χ0) is 13.8. The van der Waals surface area contributed by atoms with Gasteiger partial charge in [-0.05, 0) is 45.0 Å². The fraction of sp³-hybridized carbons (Fsp3) is 0.200. The topological polar surface area (TPSA) is 41.5 Å². The van der Waals surface area contributed by atoms with Crippen molar-refractivity contribution in [1.29, 1.82) is 0 Å². The van der Waals surface area contributed by atoms with Gasteiger partial charge in [0, 0.05) is 10.4 Å². The maximum Gasteiger partial charge on any atom is 0.271 e. The van der Waals surface area contributed by atoms with E-state index in [1.165, 1.54) is 4.88 Å². The minimum Gasteiger partial charge on any atom is -0.267 e. The number of hydrogen-bond acceptors (Lipinski definition) is 3. The Morgan fingerprint density at radius 3 is 2.37 bits per heavy atom. The first-order valence-electron chi connectivity index (χ1n) is 6.04. The number of carbonyl (C=O) groups is 1. The molecule has 0 bridgehead atoms. The molecule has 0 saturated carbocycles. The highest BCUT2D eigenvalue weighted by Gasteiger charge is 2.05. The van der Waals surface area contributed by atoms with Crippen molar-refractivity contribution in [3.05, 3.63) is 57.3 Å². The van der Waals surface area contributed by atoms with E-state index in [-0.39, 0.29) is 5.91 Å². The summed E-state index contributed by atoms with van der Waals surface area (Å²) in [5.74, 6) is -0.187. The van der Waals surface area contributed by atoms with E-state index in [0.717, 1.165) is 16.2 Å². The molecule has 1 N–H and O–H groups in total. The van der Waals surface area contributed by atoms with Crippen LogP contribution in [0.4, 0.5) is 0 Å². The fourth-order valence-corrected chi connectivity index (χ4v) is 2.40. The first kappa shape index (κ1) is 13.5. The van der Waals surface area contributed by atoms with Gasteiger partial charge in [0.1, 0.15) is 0 Å². The van der Waals surface area contributed by atoms with Crippen LogP contribution in [0.2, 0.25) is 0 Å². The highest BCUT2D eigenvalue weighted by atomic mass is 32.1. The van der Waals surface area contributed by atoms with Gasteiger partial charge in [0.15, 0.2) is 0 Å². The van der Waals surface area contributed by atoms with Gasteiger partial charge in [-0.25, -0.2) is 5.43 Å². The van der Waals surface area contributed by atoms with E-state index < -0.39 is 0 Å². The van der Waals surface area contributed by atoms with Crippen LogP contribution in [-0.4, -0.2) is 11.6 Å². The number of rotatable bonds is 3. The van der Waals surface area contributed by atoms with Gasteiger partial charge >= 0.3 is 0 Å². The summed E-state index contributed by atoms with van der Waals surface area (Å²) in [5.41, 5.74) is 5.14. The highest BCUT2D eigenvalue weighted by Crippen LogP contribution is 2.15. The Hall–Kier alpha value is -1.94. The zero-order valence-corrected chi connectivity index (χ0v) is 12.0. The molecule has 0 unspecified atom stereocenters. The van der Waals surface area contributed by atoms with Crippen molar-refractivity contribution in [3.8, 4) is 0 Å². The second-order valence-electron chi connectivity index (χ2n) is 4.41. The Labute approximate surface area is 117 Å². The minimum absolute atomic E-state index is 0.187. The van der Waals surface area contributed by atoms with Crippen LogP contribution >= 0.6 is 11.3 Å². The Bertz CT molecular complexity index is 611. The van der Waals surface area contributed by atoms with E-state index in [1.807, 2.05) is 45.0 Å². The Morgan fingerprint density at radius 2 is 1.79 bits per heavy atom. The largest absolute Gasteiger partial charge is 0.271 e. The van der Waals surface area contributed by atoms with Crippen molar-refractivity contribution in [3.63, 3.8) is 0 Å². The Morgan fingerprint density at radius 1 is 1.11 bits per heavy atom. The molecule has 2 aromatic rings. The van der Waals surface area contributed by atoms with Gasteiger partial charge < -0.3 is 0 Å². The summed E-state index contributed by atoms with van der Waals surface area (Å²) in [5, 5.41) is 4.13. The molecule has 0 fully saturated rings. The molecule has 3 nitrogen and oxygen atoms in total. The lowest BCUT2D eigenvalue weighted by Crippen LogP contribution is -2.19. The van der Waals surface area contributed by atoms with Crippen LogP contribution in [0.3, 0.4) is 0 Å². The molecule has 19 heavy (non-hydrogen) atoms. The first-order chi connectivity index (χ1) is 9.06. The second kappa shape index (κ2) is 5.80. The van der Waals surface area contributed by atoms with Crippen molar-refractivity contribution in [1.82, 2.24) is 5.43 Å². The molecule has 0 atom stereocenters. The van der Waals surface area contributed by atoms with Gasteiger partial charge in [0.05, 0.1) is 10.6 Å². The van der Waals surface area contributed by atoms with Crippen molar-refractivity contribution in [2.75, 3.05) is 0 Å². The van der Waals surface area contributed by atoms with Gasteiger partial charge in [-0.15, -0.1) is 11.3 Å². The van der Waals surface area contributed by atoms with Crippen molar-refractivity contribution < 1.29 is 4.79 Å². The molecule has 1 aromatic carbocycles. The summed E-state index contributed by atoms with van der Waals surface area (Å²) in [7, 11) is 0. The molecule has 1 amide bonds. The average molecular weight is 272 g/mol. The third-order valence-corrected chi connectivity index (χ3v) is 3.85. The SMILES string of the molecule is C/C(=N\NC(=O)c1ccc(C)cc1)c1ccc(C)s1. The standard InChI is InChI=1S/C15H16N2OS/c1-10-4-7-13(8-5-10)15(18)17-16-12(3)14-9-6-11(2)19-14/h4-9H,1-3H3,(H,17,18)/b16-12+. The average Bonchev–Trinajstić information content (AvgIpc) is 2.83. The van der Waals surface area contributed by atoms with Crippen LogP contribution in [0.25, 0.3) is 0 Å². The number of benzene rings is 1. The molecule has 0 spiro atoms. The molecule has 0 aliphatic heterocycles. The fourth-order valence-electron chi connectivity index (χ4n) is 1.59. The molecular formula is C15H16N2OS. The van der Waals surface area contributed by atoms with E-state index in [4.69, 9.17) is 0 Å². The highest BCUT2D eigenvalue weighted by molar-refractivity contribution is 7.14. The molecule has 0 radical (unpaired) electrons. The van der Waals surface area contributed by atoms with E-state index in [9.17, 15) is 4.79 Å². The summed E-state index contributed by atoms with van der Waals surface area (Å²) >= 11 is 1.66. The summed E-state index contributed by atoms with van der Waals surface area (Å²) in [6.45, 7) is 5.93. The third-order valence-electron chi connectivity index (χ3n) is 2.74. The third kappa shape index (κ3) is 3.51. The number of amides is 1. The Balaban J connectivity index is 2.05. The number of carbonyl (C=O) groups excluding carboxylic acids is 1. The zero-order valence-electron chi connectivity index (χ0n) is 11.2. The van der Waals surface area contributed by atoms with Crippen molar-refractivity contribution in [2.45, 2.75) is 20.8 Å². The number of hydrazone groups is 1. The van der Waals surface area contributed by atoms with E-state index >= 15 is 0 Å². The molecule has 0 aliphatic carbocycles. The molecule has 1 heterocycles. The molecule has 0 aliphatic rings. The van der Waals surface area contributed by atoms with Gasteiger partial charge in [0.2, 0.25) is 0 Å². The van der Waals surface area contributed by atoms with Crippen LogP contribution in [0.5, 0.6) is 0 Å². The van der Waals surface area contributed by atoms with Gasteiger partial charge in [-0.1, -0.05) is 17.7 Å². The number of thiophene rings is 1. The normalized spacial score (nSPS) is 11.4. The van der Waals surface area contributed by atoms with Crippen LogP contribution < -0.4 is 5.43 Å². The van der Waals surface area contributed by atoms with Crippen LogP contribution in [0, 0.1) is 13.8 Å². The lowest BCUT2D eigenvalue weighted by atomic mass is 10.1. The lowest BCUT2D eigenvalue weighted by Gasteiger charge is -2.02. The first-order valence-corrected chi connectivity index (χ1v) is 6.86. The monoisotopic (exact) mass is 272 g/mol. The van der Waals surface area contributed by atoms with E-state index in [0.29, 0.717) is 5.56 Å². The summed E-state index contributed by atoms with van der Waals surface area (Å²) in [6.07, 6.45) is 0.